The van der Waals surface area contributed by atoms with Crippen LogP contribution in [0.1, 0.15) is 0 Å². The summed E-state index contributed by atoms with van der Waals surface area (Å²) in [6.45, 7) is -0.378. The Morgan fingerprint density at radius 1 is 1.27 bits per heavy atom. The molecule has 6 nitrogen and oxygen atoms in total. The number of nitrogens with zero attached hydrogens (tertiary/aromatic N) is 2. The third-order valence-corrected chi connectivity index (χ3v) is 4.20. The van der Waals surface area contributed by atoms with E-state index >= 15 is 0 Å². The average molecular weight is 340 g/mol. The summed E-state index contributed by atoms with van der Waals surface area (Å²) in [6, 6.07) is 9.76. The zero-order valence-corrected chi connectivity index (χ0v) is 13.3. The number of aromatic nitrogens is 1. The van der Waals surface area contributed by atoms with Gasteiger partial charge in [0.1, 0.15) is 6.54 Å². The van der Waals surface area contributed by atoms with Gasteiger partial charge < -0.3 is 5.32 Å². The lowest BCUT2D eigenvalue weighted by atomic mass is 10.3. The number of hydrogen-bond donors (Lipinski definition) is 1. The Morgan fingerprint density at radius 3 is 2.59 bits per heavy atom. The molecule has 0 fully saturated rings. The molecule has 116 valence electrons. The van der Waals surface area contributed by atoms with Crippen LogP contribution in [0.2, 0.25) is 5.02 Å². The van der Waals surface area contributed by atoms with Gasteiger partial charge in [0.2, 0.25) is 15.9 Å². The first kappa shape index (κ1) is 16.3. The molecule has 1 aromatic carbocycles. The second-order valence-electron chi connectivity index (χ2n) is 4.51. The summed E-state index contributed by atoms with van der Waals surface area (Å²) in [5.74, 6) is -0.488. The fraction of sp³-hybridized carbons (Fsp3) is 0.143. The second-order valence-corrected chi connectivity index (χ2v) is 6.82. The number of hydrogen-bond acceptors (Lipinski definition) is 4. The summed E-state index contributed by atoms with van der Waals surface area (Å²) in [6.07, 6.45) is 4.06. The smallest absolute Gasteiger partial charge is 0.245 e. The molecular formula is C14H14ClN3O3S. The number of rotatable bonds is 5. The Morgan fingerprint density at radius 2 is 2.00 bits per heavy atom. The Balaban J connectivity index is 2.22. The van der Waals surface area contributed by atoms with E-state index in [2.05, 4.69) is 10.3 Å². The largest absolute Gasteiger partial charge is 0.323 e. The van der Waals surface area contributed by atoms with Crippen molar-refractivity contribution in [3.8, 4) is 0 Å². The number of anilines is 2. The summed E-state index contributed by atoms with van der Waals surface area (Å²) >= 11 is 6.02. The molecule has 1 aromatic heterocycles. The van der Waals surface area contributed by atoms with Crippen LogP contribution < -0.4 is 9.62 Å². The van der Waals surface area contributed by atoms with E-state index in [1.807, 2.05) is 0 Å². The Labute approximate surface area is 133 Å². The fourth-order valence-electron chi connectivity index (χ4n) is 1.80. The molecule has 0 spiro atoms. The van der Waals surface area contributed by atoms with Gasteiger partial charge in [-0.25, -0.2) is 8.42 Å². The third kappa shape index (κ3) is 4.19. The molecule has 1 heterocycles. The highest BCUT2D eigenvalue weighted by atomic mass is 35.5. The number of nitrogens with one attached hydrogen (secondary N) is 1. The first-order valence-corrected chi connectivity index (χ1v) is 8.52. The number of para-hydroxylation sites is 1. The number of benzene rings is 1. The Bertz CT molecular complexity index is 766. The maximum atomic E-state index is 12.1. The van der Waals surface area contributed by atoms with E-state index in [0.717, 1.165) is 10.6 Å². The second kappa shape index (κ2) is 6.76. The van der Waals surface area contributed by atoms with Crippen LogP contribution in [0.25, 0.3) is 0 Å². The zero-order valence-electron chi connectivity index (χ0n) is 11.7. The highest BCUT2D eigenvalue weighted by Gasteiger charge is 2.22. The minimum atomic E-state index is -3.66. The highest BCUT2D eigenvalue weighted by Crippen LogP contribution is 2.26. The number of pyridine rings is 1. The van der Waals surface area contributed by atoms with Crippen molar-refractivity contribution in [3.63, 3.8) is 0 Å². The first-order valence-electron chi connectivity index (χ1n) is 6.30. The Kier molecular flexibility index (Phi) is 4.99. The quantitative estimate of drug-likeness (QED) is 0.905. The minimum absolute atomic E-state index is 0.252. The van der Waals surface area contributed by atoms with Gasteiger partial charge in [-0.05, 0) is 24.3 Å². The van der Waals surface area contributed by atoms with E-state index in [1.165, 1.54) is 6.20 Å². The molecule has 0 aliphatic heterocycles. The molecule has 2 aromatic rings. The van der Waals surface area contributed by atoms with Crippen molar-refractivity contribution in [1.82, 2.24) is 4.98 Å². The lowest BCUT2D eigenvalue weighted by Gasteiger charge is -2.22. The molecule has 0 bridgehead atoms. The standard InChI is InChI=1S/C14H14ClN3O3S/c1-22(20,21)18(13-7-3-2-6-12(13)15)10-14(19)17-11-5-4-8-16-9-11/h2-9H,10H2,1H3,(H,17,19). The van der Waals surface area contributed by atoms with Crippen molar-refractivity contribution in [1.29, 1.82) is 0 Å². The number of carbonyl (C=O) groups is 1. The van der Waals surface area contributed by atoms with Gasteiger partial charge in [-0.1, -0.05) is 23.7 Å². The maximum Gasteiger partial charge on any atom is 0.245 e. The SMILES string of the molecule is CS(=O)(=O)N(CC(=O)Nc1cccnc1)c1ccccc1Cl. The maximum absolute atomic E-state index is 12.1. The predicted octanol–water partition coefficient (Wildman–Crippen LogP) is 2.14. The zero-order chi connectivity index (χ0) is 16.2. The molecule has 8 heteroatoms. The Hall–Kier alpha value is -2.12. The molecule has 0 atom stereocenters. The van der Waals surface area contributed by atoms with Crippen LogP contribution in [-0.2, 0) is 14.8 Å². The summed E-state index contributed by atoms with van der Waals surface area (Å²) in [7, 11) is -3.66. The van der Waals surface area contributed by atoms with E-state index in [0.29, 0.717) is 5.69 Å². The molecule has 0 saturated carbocycles. The molecule has 0 radical (unpaired) electrons. The molecule has 0 aliphatic rings. The summed E-state index contributed by atoms with van der Waals surface area (Å²) in [4.78, 5) is 15.9. The monoisotopic (exact) mass is 339 g/mol. The average Bonchev–Trinajstić information content (AvgIpc) is 2.46. The van der Waals surface area contributed by atoms with Gasteiger partial charge in [0.05, 0.1) is 28.9 Å². The number of carbonyl (C=O) groups excluding carboxylic acids is 1. The topological polar surface area (TPSA) is 79.4 Å². The summed E-state index contributed by atoms with van der Waals surface area (Å²) < 4.78 is 24.9. The third-order valence-electron chi connectivity index (χ3n) is 2.75. The van der Waals surface area contributed by atoms with E-state index in [-0.39, 0.29) is 17.3 Å². The van der Waals surface area contributed by atoms with Crippen molar-refractivity contribution in [2.75, 3.05) is 22.4 Å². The number of amides is 1. The van der Waals surface area contributed by atoms with E-state index in [1.54, 1.807) is 42.6 Å². The van der Waals surface area contributed by atoms with Gasteiger partial charge in [0.25, 0.3) is 0 Å². The molecule has 0 unspecified atom stereocenters. The van der Waals surface area contributed by atoms with Crippen molar-refractivity contribution in [2.24, 2.45) is 0 Å². The molecule has 22 heavy (non-hydrogen) atoms. The van der Waals surface area contributed by atoms with Crippen molar-refractivity contribution < 1.29 is 13.2 Å². The van der Waals surface area contributed by atoms with Crippen LogP contribution in [0.15, 0.2) is 48.8 Å². The number of sulfonamides is 1. The summed E-state index contributed by atoms with van der Waals surface area (Å²) in [5, 5.41) is 2.84. The number of halogens is 1. The van der Waals surface area contributed by atoms with Crippen LogP contribution in [0.5, 0.6) is 0 Å². The molecule has 0 aliphatic carbocycles. The lowest BCUT2D eigenvalue weighted by molar-refractivity contribution is -0.114. The minimum Gasteiger partial charge on any atom is -0.323 e. The van der Waals surface area contributed by atoms with Crippen LogP contribution in [0.3, 0.4) is 0 Å². The van der Waals surface area contributed by atoms with Gasteiger partial charge in [0, 0.05) is 6.20 Å². The van der Waals surface area contributed by atoms with Gasteiger partial charge in [-0.2, -0.15) is 0 Å². The van der Waals surface area contributed by atoms with Crippen LogP contribution >= 0.6 is 11.6 Å². The van der Waals surface area contributed by atoms with Crippen molar-refractivity contribution in [3.05, 3.63) is 53.8 Å². The van der Waals surface area contributed by atoms with Gasteiger partial charge in [0.15, 0.2) is 0 Å². The van der Waals surface area contributed by atoms with Crippen molar-refractivity contribution >= 4 is 38.9 Å². The van der Waals surface area contributed by atoms with Crippen LogP contribution in [-0.4, -0.2) is 32.1 Å². The molecule has 1 N–H and O–H groups in total. The lowest BCUT2D eigenvalue weighted by Crippen LogP contribution is -2.37. The van der Waals surface area contributed by atoms with E-state index < -0.39 is 15.9 Å². The molecule has 0 saturated heterocycles. The van der Waals surface area contributed by atoms with Gasteiger partial charge in [-0.3, -0.25) is 14.1 Å². The van der Waals surface area contributed by atoms with E-state index in [9.17, 15) is 13.2 Å². The van der Waals surface area contributed by atoms with Gasteiger partial charge >= 0.3 is 0 Å². The van der Waals surface area contributed by atoms with Crippen LogP contribution in [0.4, 0.5) is 11.4 Å². The van der Waals surface area contributed by atoms with Crippen LogP contribution in [0, 0.1) is 0 Å². The van der Waals surface area contributed by atoms with Crippen molar-refractivity contribution in [2.45, 2.75) is 0 Å². The highest BCUT2D eigenvalue weighted by molar-refractivity contribution is 7.92. The molecular weight excluding hydrogens is 326 g/mol. The first-order chi connectivity index (χ1) is 10.4. The predicted molar refractivity (Wildman–Crippen MR) is 86.5 cm³/mol. The summed E-state index contributed by atoms with van der Waals surface area (Å²) in [5.41, 5.74) is 0.744. The van der Waals surface area contributed by atoms with Gasteiger partial charge in [-0.15, -0.1) is 0 Å². The normalized spacial score (nSPS) is 11.0. The fourth-order valence-corrected chi connectivity index (χ4v) is 2.96. The van der Waals surface area contributed by atoms with E-state index in [4.69, 9.17) is 11.6 Å². The molecule has 2 rings (SSSR count). The molecule has 1 amide bonds.